The van der Waals surface area contributed by atoms with E-state index in [9.17, 15) is 4.79 Å². The van der Waals surface area contributed by atoms with Gasteiger partial charge >= 0.3 is 0 Å². The summed E-state index contributed by atoms with van der Waals surface area (Å²) < 4.78 is 16.2. The molecule has 2 aromatic carbocycles. The molecular formula is C21H19N3O4. The molecule has 7 nitrogen and oxygen atoms in total. The molecule has 0 aliphatic carbocycles. The van der Waals surface area contributed by atoms with E-state index in [1.54, 1.807) is 36.5 Å². The minimum atomic E-state index is -0.305. The minimum absolute atomic E-state index is 0.190. The molecule has 4 rings (SSSR count). The predicted molar refractivity (Wildman–Crippen MR) is 106 cm³/mol. The Balaban J connectivity index is 1.43. The first kappa shape index (κ1) is 17.7. The van der Waals surface area contributed by atoms with Crippen molar-refractivity contribution in [2.45, 2.75) is 6.92 Å². The first-order chi connectivity index (χ1) is 13.7. The molecule has 0 bridgehead atoms. The molecule has 28 heavy (non-hydrogen) atoms. The molecule has 0 saturated carbocycles. The third kappa shape index (κ3) is 3.83. The predicted octanol–water partition coefficient (Wildman–Crippen LogP) is 4.20. The maximum absolute atomic E-state index is 12.4. The molecule has 1 aliphatic heterocycles. The average molecular weight is 377 g/mol. The fourth-order valence-electron chi connectivity index (χ4n) is 2.78. The van der Waals surface area contributed by atoms with Gasteiger partial charge in [0.2, 0.25) is 6.79 Å². The van der Waals surface area contributed by atoms with Crippen molar-refractivity contribution in [1.29, 1.82) is 0 Å². The number of pyridine rings is 1. The first-order valence-corrected chi connectivity index (χ1v) is 8.89. The van der Waals surface area contributed by atoms with Gasteiger partial charge in [-0.2, -0.15) is 0 Å². The van der Waals surface area contributed by atoms with Crippen molar-refractivity contribution >= 4 is 23.0 Å². The van der Waals surface area contributed by atoms with Gasteiger partial charge in [-0.25, -0.2) is 4.98 Å². The van der Waals surface area contributed by atoms with Gasteiger partial charge in [0.05, 0.1) is 24.2 Å². The van der Waals surface area contributed by atoms with Crippen LogP contribution in [0.1, 0.15) is 17.4 Å². The van der Waals surface area contributed by atoms with Gasteiger partial charge < -0.3 is 24.8 Å². The number of hydrogen-bond donors (Lipinski definition) is 2. The Morgan fingerprint density at radius 2 is 1.89 bits per heavy atom. The number of nitrogens with one attached hydrogen (secondary N) is 2. The number of ether oxygens (including phenoxy) is 3. The van der Waals surface area contributed by atoms with Gasteiger partial charge in [-0.05, 0) is 43.3 Å². The maximum Gasteiger partial charge on any atom is 0.274 e. The summed E-state index contributed by atoms with van der Waals surface area (Å²) in [5, 5.41) is 6.06. The highest BCUT2D eigenvalue weighted by Gasteiger charge is 2.15. The van der Waals surface area contributed by atoms with Crippen molar-refractivity contribution in [1.82, 2.24) is 4.98 Å². The molecule has 0 spiro atoms. The van der Waals surface area contributed by atoms with E-state index in [1.807, 2.05) is 31.2 Å². The molecule has 2 heterocycles. The third-order valence-corrected chi connectivity index (χ3v) is 4.09. The van der Waals surface area contributed by atoms with Crippen LogP contribution >= 0.6 is 0 Å². The van der Waals surface area contributed by atoms with Crippen molar-refractivity contribution < 1.29 is 19.0 Å². The van der Waals surface area contributed by atoms with E-state index >= 15 is 0 Å². The van der Waals surface area contributed by atoms with Gasteiger partial charge in [0, 0.05) is 11.8 Å². The largest absolute Gasteiger partial charge is 0.492 e. The van der Waals surface area contributed by atoms with Gasteiger partial charge in [-0.3, -0.25) is 4.79 Å². The summed E-state index contributed by atoms with van der Waals surface area (Å²) >= 11 is 0. The van der Waals surface area contributed by atoms with Crippen molar-refractivity contribution in [3.05, 3.63) is 66.5 Å². The van der Waals surface area contributed by atoms with Crippen LogP contribution < -0.4 is 24.8 Å². The van der Waals surface area contributed by atoms with Gasteiger partial charge in [-0.15, -0.1) is 0 Å². The lowest BCUT2D eigenvalue weighted by atomic mass is 10.2. The molecule has 7 heteroatoms. The number of nitrogens with zero attached hydrogens (tertiary/aromatic N) is 1. The van der Waals surface area contributed by atoms with Crippen LogP contribution in [0.25, 0.3) is 0 Å². The molecule has 1 aromatic heterocycles. The fourth-order valence-corrected chi connectivity index (χ4v) is 2.78. The molecule has 2 N–H and O–H groups in total. The Morgan fingerprint density at radius 1 is 1.07 bits per heavy atom. The normalized spacial score (nSPS) is 11.8. The summed E-state index contributed by atoms with van der Waals surface area (Å²) in [6.45, 7) is 2.71. The first-order valence-electron chi connectivity index (χ1n) is 8.89. The molecule has 3 aromatic rings. The van der Waals surface area contributed by atoms with Crippen molar-refractivity contribution in [2.75, 3.05) is 24.0 Å². The van der Waals surface area contributed by atoms with Gasteiger partial charge in [-0.1, -0.05) is 12.1 Å². The summed E-state index contributed by atoms with van der Waals surface area (Å²) in [6, 6.07) is 16.3. The van der Waals surface area contributed by atoms with E-state index < -0.39 is 0 Å². The SMILES string of the molecule is CCOc1ccccc1Nc1ccc(C(=O)Nc2ccc3c(c2)OCO3)nc1. The molecular weight excluding hydrogens is 358 g/mol. The Kier molecular flexibility index (Phi) is 4.97. The quantitative estimate of drug-likeness (QED) is 0.670. The van der Waals surface area contributed by atoms with Crippen LogP contribution in [0.3, 0.4) is 0 Å². The number of rotatable bonds is 6. The summed E-state index contributed by atoms with van der Waals surface area (Å²) in [7, 11) is 0. The smallest absolute Gasteiger partial charge is 0.274 e. The summed E-state index contributed by atoms with van der Waals surface area (Å²) in [4.78, 5) is 16.7. The number of amides is 1. The second-order valence-electron chi connectivity index (χ2n) is 6.01. The van der Waals surface area contributed by atoms with E-state index in [-0.39, 0.29) is 12.7 Å². The molecule has 0 fully saturated rings. The number of fused-ring (bicyclic) bond motifs is 1. The highest BCUT2D eigenvalue weighted by molar-refractivity contribution is 6.03. The van der Waals surface area contributed by atoms with Crippen LogP contribution in [0.4, 0.5) is 17.1 Å². The van der Waals surface area contributed by atoms with Gasteiger partial charge in [0.25, 0.3) is 5.91 Å². The topological polar surface area (TPSA) is 81.7 Å². The molecule has 142 valence electrons. The van der Waals surface area contributed by atoms with Crippen LogP contribution in [-0.4, -0.2) is 24.3 Å². The lowest BCUT2D eigenvalue weighted by Gasteiger charge is -2.12. The second kappa shape index (κ2) is 7.87. The van der Waals surface area contributed by atoms with Crippen LogP contribution in [0, 0.1) is 0 Å². The lowest BCUT2D eigenvalue weighted by Crippen LogP contribution is -2.13. The zero-order valence-electron chi connectivity index (χ0n) is 15.3. The number of benzene rings is 2. The van der Waals surface area contributed by atoms with Crippen LogP contribution in [-0.2, 0) is 0 Å². The standard InChI is InChI=1S/C21H19N3O4/c1-2-26-18-6-4-3-5-16(18)23-15-7-9-17(22-12-15)21(25)24-14-8-10-19-20(11-14)28-13-27-19/h3-12,23H,2,13H2,1H3,(H,24,25). The molecule has 0 atom stereocenters. The van der Waals surface area contributed by atoms with Crippen LogP contribution in [0.5, 0.6) is 17.2 Å². The second-order valence-corrected chi connectivity index (χ2v) is 6.01. The number of anilines is 3. The average Bonchev–Trinajstić information content (AvgIpc) is 3.18. The number of carbonyl (C=O) groups excluding carboxylic acids is 1. The molecule has 0 radical (unpaired) electrons. The molecule has 0 unspecified atom stereocenters. The van der Waals surface area contributed by atoms with Crippen LogP contribution in [0.15, 0.2) is 60.8 Å². The Morgan fingerprint density at radius 3 is 2.71 bits per heavy atom. The van der Waals surface area contributed by atoms with Crippen LogP contribution in [0.2, 0.25) is 0 Å². The fraction of sp³-hybridized carbons (Fsp3) is 0.143. The van der Waals surface area contributed by atoms with Crippen molar-refractivity contribution in [3.8, 4) is 17.2 Å². The van der Waals surface area contributed by atoms with E-state index in [4.69, 9.17) is 14.2 Å². The van der Waals surface area contributed by atoms with E-state index in [0.29, 0.717) is 29.5 Å². The minimum Gasteiger partial charge on any atom is -0.492 e. The highest BCUT2D eigenvalue weighted by Crippen LogP contribution is 2.34. The number of hydrogen-bond acceptors (Lipinski definition) is 6. The van der Waals surface area contributed by atoms with Gasteiger partial charge in [0.1, 0.15) is 11.4 Å². The molecule has 1 amide bonds. The maximum atomic E-state index is 12.4. The zero-order valence-corrected chi connectivity index (χ0v) is 15.3. The highest BCUT2D eigenvalue weighted by atomic mass is 16.7. The molecule has 1 aliphatic rings. The van der Waals surface area contributed by atoms with E-state index in [0.717, 1.165) is 17.1 Å². The number of carbonyl (C=O) groups is 1. The van der Waals surface area contributed by atoms with Gasteiger partial charge in [0.15, 0.2) is 11.5 Å². The monoisotopic (exact) mass is 377 g/mol. The Labute approximate surface area is 162 Å². The van der Waals surface area contributed by atoms with E-state index in [2.05, 4.69) is 15.6 Å². The third-order valence-electron chi connectivity index (χ3n) is 4.09. The summed E-state index contributed by atoms with van der Waals surface area (Å²) in [6.07, 6.45) is 1.61. The van der Waals surface area contributed by atoms with Crippen molar-refractivity contribution in [2.24, 2.45) is 0 Å². The Hall–Kier alpha value is -3.74. The lowest BCUT2D eigenvalue weighted by molar-refractivity contribution is 0.102. The summed E-state index contributed by atoms with van der Waals surface area (Å²) in [5.74, 6) is 1.73. The number of aromatic nitrogens is 1. The Bertz CT molecular complexity index is 989. The molecule has 0 saturated heterocycles. The summed E-state index contributed by atoms with van der Waals surface area (Å²) in [5.41, 5.74) is 2.51. The van der Waals surface area contributed by atoms with E-state index in [1.165, 1.54) is 0 Å². The van der Waals surface area contributed by atoms with Crippen molar-refractivity contribution in [3.63, 3.8) is 0 Å². The number of para-hydroxylation sites is 2. The zero-order chi connectivity index (χ0) is 19.3.